The van der Waals surface area contributed by atoms with Gasteiger partial charge in [-0.1, -0.05) is 26.2 Å². The number of rotatable bonds is 2. The van der Waals surface area contributed by atoms with Crippen LogP contribution < -0.4 is 4.74 Å². The number of pyridine rings is 1. The van der Waals surface area contributed by atoms with Gasteiger partial charge in [-0.3, -0.25) is 4.98 Å². The Morgan fingerprint density at radius 2 is 2.25 bits per heavy atom. The van der Waals surface area contributed by atoms with E-state index in [0.29, 0.717) is 5.92 Å². The SMILES string of the molecule is C=CC1=C(C=C)C(C)Cc2ncccc2O1. The normalized spacial score (nSPS) is 19.4. The molecule has 16 heavy (non-hydrogen) atoms. The van der Waals surface area contributed by atoms with Crippen LogP contribution in [-0.4, -0.2) is 4.98 Å². The van der Waals surface area contributed by atoms with Gasteiger partial charge in [0.05, 0.1) is 5.69 Å². The molecule has 2 heteroatoms. The minimum Gasteiger partial charge on any atom is -0.455 e. The molecular weight excluding hydrogens is 198 g/mol. The summed E-state index contributed by atoms with van der Waals surface area (Å²) in [5.74, 6) is 1.96. The third kappa shape index (κ3) is 1.78. The maximum atomic E-state index is 5.81. The molecule has 1 aromatic rings. The molecule has 0 aliphatic carbocycles. The predicted molar refractivity (Wildman–Crippen MR) is 65.2 cm³/mol. The van der Waals surface area contributed by atoms with Crippen LogP contribution in [-0.2, 0) is 6.42 Å². The molecule has 0 radical (unpaired) electrons. The van der Waals surface area contributed by atoms with E-state index >= 15 is 0 Å². The summed E-state index contributed by atoms with van der Waals surface area (Å²) >= 11 is 0. The third-order valence-electron chi connectivity index (χ3n) is 2.79. The summed E-state index contributed by atoms with van der Waals surface area (Å²) in [5, 5.41) is 0. The minimum atomic E-state index is 0.349. The molecule has 0 fully saturated rings. The van der Waals surface area contributed by atoms with E-state index in [0.717, 1.165) is 29.2 Å². The van der Waals surface area contributed by atoms with Crippen molar-refractivity contribution < 1.29 is 4.74 Å². The molecule has 1 aromatic heterocycles. The van der Waals surface area contributed by atoms with Crippen LogP contribution in [0.2, 0.25) is 0 Å². The van der Waals surface area contributed by atoms with Crippen molar-refractivity contribution in [2.45, 2.75) is 13.3 Å². The van der Waals surface area contributed by atoms with E-state index in [2.05, 4.69) is 25.1 Å². The van der Waals surface area contributed by atoms with Gasteiger partial charge in [0.1, 0.15) is 11.5 Å². The van der Waals surface area contributed by atoms with Gasteiger partial charge in [0.25, 0.3) is 0 Å². The second kappa shape index (κ2) is 4.35. The maximum Gasteiger partial charge on any atom is 0.148 e. The standard InChI is InChI=1S/C14H15NO/c1-4-11-10(3)9-12-14(7-6-8-15-12)16-13(11)5-2/h4-8,10H,1-2,9H2,3H3. The molecule has 0 spiro atoms. The summed E-state index contributed by atoms with van der Waals surface area (Å²) in [7, 11) is 0. The number of hydrogen-bond donors (Lipinski definition) is 0. The lowest BCUT2D eigenvalue weighted by molar-refractivity contribution is 0.437. The Kier molecular flexibility index (Phi) is 2.91. The number of hydrogen-bond acceptors (Lipinski definition) is 2. The van der Waals surface area contributed by atoms with E-state index < -0.39 is 0 Å². The molecule has 0 amide bonds. The van der Waals surface area contributed by atoms with E-state index in [9.17, 15) is 0 Å². The van der Waals surface area contributed by atoms with Crippen LogP contribution in [0, 0.1) is 5.92 Å². The van der Waals surface area contributed by atoms with Crippen molar-refractivity contribution in [3.63, 3.8) is 0 Å². The average molecular weight is 213 g/mol. The highest BCUT2D eigenvalue weighted by Gasteiger charge is 2.20. The average Bonchev–Trinajstić information content (AvgIpc) is 2.44. The minimum absolute atomic E-state index is 0.349. The molecule has 0 N–H and O–H groups in total. The number of aromatic nitrogens is 1. The van der Waals surface area contributed by atoms with Crippen molar-refractivity contribution >= 4 is 0 Å². The largest absolute Gasteiger partial charge is 0.455 e. The van der Waals surface area contributed by atoms with Crippen molar-refractivity contribution in [3.05, 3.63) is 60.7 Å². The van der Waals surface area contributed by atoms with E-state index in [4.69, 9.17) is 4.74 Å². The Bertz CT molecular complexity index is 460. The van der Waals surface area contributed by atoms with Crippen LogP contribution >= 0.6 is 0 Å². The molecule has 82 valence electrons. The second-order valence-electron chi connectivity index (χ2n) is 3.88. The Balaban J connectivity index is 2.51. The summed E-state index contributed by atoms with van der Waals surface area (Å²) in [6.45, 7) is 9.76. The van der Waals surface area contributed by atoms with Crippen molar-refractivity contribution in [2.75, 3.05) is 0 Å². The molecule has 0 saturated carbocycles. The zero-order chi connectivity index (χ0) is 11.5. The fourth-order valence-electron chi connectivity index (χ4n) is 1.95. The lowest BCUT2D eigenvalue weighted by Gasteiger charge is -2.10. The maximum absolute atomic E-state index is 5.81. The first kappa shape index (κ1) is 10.7. The van der Waals surface area contributed by atoms with Gasteiger partial charge in [-0.2, -0.15) is 0 Å². The number of fused-ring (bicyclic) bond motifs is 1. The first-order valence-electron chi connectivity index (χ1n) is 5.37. The molecule has 1 atom stereocenters. The van der Waals surface area contributed by atoms with Gasteiger partial charge in [-0.05, 0) is 29.7 Å². The van der Waals surface area contributed by atoms with Crippen molar-refractivity contribution in [1.82, 2.24) is 4.98 Å². The molecule has 0 saturated heterocycles. The van der Waals surface area contributed by atoms with Gasteiger partial charge in [-0.25, -0.2) is 0 Å². The smallest absolute Gasteiger partial charge is 0.148 e. The van der Waals surface area contributed by atoms with Gasteiger partial charge in [0.15, 0.2) is 0 Å². The second-order valence-corrected chi connectivity index (χ2v) is 3.88. The van der Waals surface area contributed by atoms with Crippen molar-refractivity contribution in [2.24, 2.45) is 5.92 Å². The highest BCUT2D eigenvalue weighted by atomic mass is 16.5. The van der Waals surface area contributed by atoms with Gasteiger partial charge < -0.3 is 4.74 Å². The van der Waals surface area contributed by atoms with E-state index in [-0.39, 0.29) is 0 Å². The van der Waals surface area contributed by atoms with Crippen LogP contribution in [0.15, 0.2) is 55.0 Å². The number of ether oxygens (including phenoxy) is 1. The summed E-state index contributed by atoms with van der Waals surface area (Å²) in [6, 6.07) is 3.81. The van der Waals surface area contributed by atoms with Crippen LogP contribution in [0.4, 0.5) is 0 Å². The highest BCUT2D eigenvalue weighted by molar-refractivity contribution is 5.39. The molecule has 2 rings (SSSR count). The molecule has 1 unspecified atom stereocenters. The van der Waals surface area contributed by atoms with Crippen LogP contribution in [0.3, 0.4) is 0 Å². The number of nitrogens with zero attached hydrogens (tertiary/aromatic N) is 1. The Morgan fingerprint density at radius 3 is 2.94 bits per heavy atom. The van der Waals surface area contributed by atoms with Crippen LogP contribution in [0.25, 0.3) is 0 Å². The first-order chi connectivity index (χ1) is 7.76. The summed E-state index contributed by atoms with van der Waals surface area (Å²) < 4.78 is 5.81. The quantitative estimate of drug-likeness (QED) is 0.752. The van der Waals surface area contributed by atoms with Crippen LogP contribution in [0.1, 0.15) is 12.6 Å². The lowest BCUT2D eigenvalue weighted by Crippen LogP contribution is -2.03. The van der Waals surface area contributed by atoms with E-state index in [1.165, 1.54) is 0 Å². The summed E-state index contributed by atoms with van der Waals surface area (Å²) in [6.07, 6.45) is 6.24. The van der Waals surface area contributed by atoms with Crippen molar-refractivity contribution in [1.29, 1.82) is 0 Å². The zero-order valence-electron chi connectivity index (χ0n) is 9.44. The summed E-state index contributed by atoms with van der Waals surface area (Å²) in [4.78, 5) is 4.35. The van der Waals surface area contributed by atoms with Gasteiger partial charge in [0, 0.05) is 12.6 Å². The van der Waals surface area contributed by atoms with E-state index in [1.54, 1.807) is 12.3 Å². The number of allylic oxidation sites excluding steroid dienone is 3. The monoisotopic (exact) mass is 213 g/mol. The van der Waals surface area contributed by atoms with Gasteiger partial charge in [-0.15, -0.1) is 0 Å². The molecular formula is C14H15NO. The molecule has 0 aromatic carbocycles. The Hall–Kier alpha value is -1.83. The predicted octanol–water partition coefficient (Wildman–Crippen LogP) is 3.28. The molecule has 2 heterocycles. The topological polar surface area (TPSA) is 22.1 Å². The highest BCUT2D eigenvalue weighted by Crippen LogP contribution is 2.31. The fourth-order valence-corrected chi connectivity index (χ4v) is 1.95. The summed E-state index contributed by atoms with van der Waals surface area (Å²) in [5.41, 5.74) is 2.08. The zero-order valence-corrected chi connectivity index (χ0v) is 9.44. The molecule has 1 aliphatic heterocycles. The van der Waals surface area contributed by atoms with Gasteiger partial charge in [0.2, 0.25) is 0 Å². The Morgan fingerprint density at radius 1 is 1.44 bits per heavy atom. The molecule has 0 bridgehead atoms. The third-order valence-corrected chi connectivity index (χ3v) is 2.79. The van der Waals surface area contributed by atoms with Crippen molar-refractivity contribution in [3.8, 4) is 5.75 Å². The first-order valence-corrected chi connectivity index (χ1v) is 5.37. The van der Waals surface area contributed by atoms with Gasteiger partial charge >= 0.3 is 0 Å². The van der Waals surface area contributed by atoms with Crippen LogP contribution in [0.5, 0.6) is 5.75 Å². The van der Waals surface area contributed by atoms with E-state index in [1.807, 2.05) is 18.2 Å². The molecule has 1 aliphatic rings. The lowest BCUT2D eigenvalue weighted by atomic mass is 9.95. The Labute approximate surface area is 96.0 Å². The molecule has 2 nitrogen and oxygen atoms in total. The fraction of sp³-hybridized carbons (Fsp3) is 0.214.